The second kappa shape index (κ2) is 9.92. The highest BCUT2D eigenvalue weighted by atomic mass is 35.5. The summed E-state index contributed by atoms with van der Waals surface area (Å²) in [6, 6.07) is 16.7. The Morgan fingerprint density at radius 3 is 2.69 bits per heavy atom. The zero-order valence-corrected chi connectivity index (χ0v) is 20.1. The Bertz CT molecular complexity index is 1280. The van der Waals surface area contributed by atoms with Crippen molar-refractivity contribution in [1.82, 2.24) is 15.6 Å². The minimum atomic E-state index is -0.957. The summed E-state index contributed by atoms with van der Waals surface area (Å²) in [5.41, 5.74) is 2.64. The largest absolute Gasteiger partial charge is 0.489 e. The summed E-state index contributed by atoms with van der Waals surface area (Å²) in [7, 11) is 0. The van der Waals surface area contributed by atoms with E-state index in [2.05, 4.69) is 20.9 Å². The minimum absolute atomic E-state index is 0. The maximum Gasteiger partial charge on any atom is 0.322 e. The van der Waals surface area contributed by atoms with Gasteiger partial charge in [0.05, 0.1) is 5.52 Å². The minimum Gasteiger partial charge on any atom is -0.489 e. The number of para-hydroxylation sites is 1. The van der Waals surface area contributed by atoms with Crippen molar-refractivity contribution in [3.8, 4) is 5.75 Å². The van der Waals surface area contributed by atoms with Gasteiger partial charge in [0.2, 0.25) is 5.91 Å². The van der Waals surface area contributed by atoms with Crippen LogP contribution in [0.3, 0.4) is 0 Å². The molecule has 0 bridgehead atoms. The van der Waals surface area contributed by atoms with Gasteiger partial charge in [0.15, 0.2) is 0 Å². The van der Waals surface area contributed by atoms with Gasteiger partial charge in [-0.2, -0.15) is 0 Å². The van der Waals surface area contributed by atoms with E-state index in [9.17, 15) is 14.4 Å². The van der Waals surface area contributed by atoms with E-state index in [-0.39, 0.29) is 36.6 Å². The molecule has 2 aliphatic rings. The number of rotatable bonds is 6. The Labute approximate surface area is 209 Å². The van der Waals surface area contributed by atoms with Gasteiger partial charge in [0.1, 0.15) is 17.9 Å². The highest BCUT2D eigenvalue weighted by Crippen LogP contribution is 2.40. The molecule has 1 spiro atoms. The van der Waals surface area contributed by atoms with Crippen LogP contribution < -0.4 is 20.7 Å². The fraction of sp³-hybridized carbons (Fsp3) is 0.308. The molecule has 2 aromatic carbocycles. The van der Waals surface area contributed by atoms with Gasteiger partial charge >= 0.3 is 6.03 Å². The molecule has 9 heteroatoms. The average molecular weight is 495 g/mol. The summed E-state index contributed by atoms with van der Waals surface area (Å²) < 4.78 is 5.98. The van der Waals surface area contributed by atoms with Crippen molar-refractivity contribution < 1.29 is 19.1 Å². The van der Waals surface area contributed by atoms with Crippen molar-refractivity contribution >= 4 is 46.8 Å². The number of carbonyl (C=O) groups is 3. The number of hydrogen-bond donors (Lipinski definition) is 3. The van der Waals surface area contributed by atoms with E-state index in [0.29, 0.717) is 24.5 Å². The van der Waals surface area contributed by atoms with Crippen LogP contribution in [-0.2, 0) is 16.2 Å². The lowest BCUT2D eigenvalue weighted by atomic mass is 9.84. The number of fused-ring (bicyclic) bond motifs is 1. The smallest absolute Gasteiger partial charge is 0.322 e. The standard InChI is InChI=1S/C26H26N4O4.ClH/c1-16-13-17(21-6-2-3-7-22(21)27-16)15-34-20-10-8-19(9-11-20)28-23(31)14-18-5-4-12-26(18)24(32)29-25(33)30-26;/h2-3,6-11,13,18H,4-5,12,14-15H2,1H3,(H,28,31)(H2,29,30,32,33);1H/t18-,26+;/m1./s1. The first-order valence-electron chi connectivity index (χ1n) is 11.4. The Kier molecular flexibility index (Phi) is 6.93. The van der Waals surface area contributed by atoms with Crippen molar-refractivity contribution in [3.63, 3.8) is 0 Å². The molecule has 1 saturated heterocycles. The predicted octanol–water partition coefficient (Wildman–Crippen LogP) is 4.25. The molecule has 35 heavy (non-hydrogen) atoms. The number of imide groups is 1. The molecule has 1 saturated carbocycles. The van der Waals surface area contributed by atoms with Crippen LogP contribution in [0.1, 0.15) is 36.9 Å². The number of aromatic nitrogens is 1. The number of amides is 4. The number of aryl methyl sites for hydroxylation is 1. The van der Waals surface area contributed by atoms with Gasteiger partial charge < -0.3 is 15.4 Å². The van der Waals surface area contributed by atoms with Crippen LogP contribution in [0.4, 0.5) is 10.5 Å². The van der Waals surface area contributed by atoms with E-state index < -0.39 is 11.6 Å². The van der Waals surface area contributed by atoms with Crippen LogP contribution in [-0.4, -0.2) is 28.4 Å². The van der Waals surface area contributed by atoms with Crippen molar-refractivity contribution in [3.05, 3.63) is 65.9 Å². The van der Waals surface area contributed by atoms with Crippen LogP contribution in [0.2, 0.25) is 0 Å². The SMILES string of the molecule is Cc1cc(COc2ccc(NC(=O)C[C@H]3CCC[C@]34NC(=O)NC4=O)cc2)c2ccccc2n1.Cl. The van der Waals surface area contributed by atoms with Gasteiger partial charge in [-0.05, 0) is 62.1 Å². The van der Waals surface area contributed by atoms with E-state index in [0.717, 1.165) is 35.0 Å². The lowest BCUT2D eigenvalue weighted by Gasteiger charge is -2.27. The summed E-state index contributed by atoms with van der Waals surface area (Å²) in [5, 5.41) is 9.01. The molecule has 3 aromatic rings. The first kappa shape index (κ1) is 24.5. The first-order valence-corrected chi connectivity index (χ1v) is 11.4. The monoisotopic (exact) mass is 494 g/mol. The number of hydrogen-bond acceptors (Lipinski definition) is 5. The molecule has 3 N–H and O–H groups in total. The Morgan fingerprint density at radius 1 is 1.17 bits per heavy atom. The van der Waals surface area contributed by atoms with Gasteiger partial charge in [0, 0.05) is 28.8 Å². The van der Waals surface area contributed by atoms with Crippen LogP contribution in [0.25, 0.3) is 10.9 Å². The van der Waals surface area contributed by atoms with Crippen LogP contribution in [0.15, 0.2) is 54.6 Å². The van der Waals surface area contributed by atoms with Crippen molar-refractivity contribution in [2.75, 3.05) is 5.32 Å². The third-order valence-corrected chi connectivity index (χ3v) is 6.68. The number of anilines is 1. The van der Waals surface area contributed by atoms with Crippen LogP contribution >= 0.6 is 12.4 Å². The van der Waals surface area contributed by atoms with Gasteiger partial charge in [-0.15, -0.1) is 12.4 Å². The molecule has 5 rings (SSSR count). The summed E-state index contributed by atoms with van der Waals surface area (Å²) in [5.74, 6) is -0.0454. The summed E-state index contributed by atoms with van der Waals surface area (Å²) >= 11 is 0. The fourth-order valence-corrected chi connectivity index (χ4v) is 5.07. The zero-order valence-electron chi connectivity index (χ0n) is 19.3. The Hall–Kier alpha value is -3.65. The molecule has 1 aliphatic carbocycles. The van der Waals surface area contributed by atoms with E-state index in [1.807, 2.05) is 49.4 Å². The molecule has 1 aromatic heterocycles. The second-order valence-electron chi connectivity index (χ2n) is 8.97. The lowest BCUT2D eigenvalue weighted by molar-refractivity contribution is -0.126. The van der Waals surface area contributed by atoms with E-state index in [4.69, 9.17) is 4.74 Å². The second-order valence-corrected chi connectivity index (χ2v) is 8.97. The molecule has 182 valence electrons. The van der Waals surface area contributed by atoms with Gasteiger partial charge in [-0.25, -0.2) is 4.79 Å². The van der Waals surface area contributed by atoms with E-state index in [1.165, 1.54) is 0 Å². The quantitative estimate of drug-likeness (QED) is 0.444. The molecule has 0 unspecified atom stereocenters. The summed E-state index contributed by atoms with van der Waals surface area (Å²) in [6.45, 7) is 2.38. The van der Waals surface area contributed by atoms with E-state index in [1.54, 1.807) is 12.1 Å². The van der Waals surface area contributed by atoms with Crippen molar-refractivity contribution in [2.45, 2.75) is 44.8 Å². The predicted molar refractivity (Wildman–Crippen MR) is 134 cm³/mol. The molecule has 4 amide bonds. The molecule has 2 atom stereocenters. The summed E-state index contributed by atoms with van der Waals surface area (Å²) in [4.78, 5) is 41.2. The fourth-order valence-electron chi connectivity index (χ4n) is 5.07. The number of carbonyl (C=O) groups excluding carboxylic acids is 3. The molecular formula is C26H27ClN4O4. The molecule has 2 heterocycles. The number of nitrogens with zero attached hydrogens (tertiary/aromatic N) is 1. The number of halogens is 1. The average Bonchev–Trinajstić information content (AvgIpc) is 3.34. The third-order valence-electron chi connectivity index (χ3n) is 6.68. The highest BCUT2D eigenvalue weighted by Gasteiger charge is 2.54. The van der Waals surface area contributed by atoms with Gasteiger partial charge in [0.25, 0.3) is 5.91 Å². The molecule has 0 radical (unpaired) electrons. The zero-order chi connectivity index (χ0) is 23.7. The van der Waals surface area contributed by atoms with Crippen LogP contribution in [0.5, 0.6) is 5.75 Å². The normalized spacial score (nSPS) is 20.9. The number of nitrogens with one attached hydrogen (secondary N) is 3. The topological polar surface area (TPSA) is 109 Å². The number of benzene rings is 2. The van der Waals surface area contributed by atoms with Gasteiger partial charge in [-0.1, -0.05) is 24.6 Å². The number of ether oxygens (including phenoxy) is 1. The molecule has 8 nitrogen and oxygen atoms in total. The molecule has 2 fully saturated rings. The highest BCUT2D eigenvalue weighted by molar-refractivity contribution is 6.07. The first-order chi connectivity index (χ1) is 16.4. The number of pyridine rings is 1. The van der Waals surface area contributed by atoms with Crippen molar-refractivity contribution in [2.24, 2.45) is 5.92 Å². The van der Waals surface area contributed by atoms with E-state index >= 15 is 0 Å². The lowest BCUT2D eigenvalue weighted by Crippen LogP contribution is -2.50. The Morgan fingerprint density at radius 2 is 1.94 bits per heavy atom. The maximum atomic E-state index is 12.7. The van der Waals surface area contributed by atoms with Gasteiger partial charge in [-0.3, -0.25) is 19.9 Å². The maximum absolute atomic E-state index is 12.7. The molecule has 1 aliphatic heterocycles. The Balaban J connectivity index is 0.00000289. The number of urea groups is 1. The van der Waals surface area contributed by atoms with Crippen LogP contribution in [0, 0.1) is 12.8 Å². The van der Waals surface area contributed by atoms with Crippen molar-refractivity contribution in [1.29, 1.82) is 0 Å². The summed E-state index contributed by atoms with van der Waals surface area (Å²) in [6.07, 6.45) is 2.24. The molecular weight excluding hydrogens is 468 g/mol. The third kappa shape index (κ3) is 4.93.